The zero-order valence-corrected chi connectivity index (χ0v) is 21.6. The van der Waals surface area contributed by atoms with Gasteiger partial charge in [-0.1, -0.05) is 34.6 Å². The van der Waals surface area contributed by atoms with Crippen LogP contribution in [0.2, 0.25) is 0 Å². The van der Waals surface area contributed by atoms with Crippen molar-refractivity contribution in [2.75, 3.05) is 19.3 Å². The molecule has 0 rings (SSSR count). The van der Waals surface area contributed by atoms with Gasteiger partial charge in [0.2, 0.25) is 0 Å². The number of carbonyl (C=O) groups excluding carboxylic acids is 2. The number of hydrogen-bond acceptors (Lipinski definition) is 7. The lowest BCUT2D eigenvalue weighted by Gasteiger charge is -2.25. The Hall–Kier alpha value is -0.520. The molecule has 0 aromatic carbocycles. The van der Waals surface area contributed by atoms with E-state index in [-0.39, 0.29) is 12.1 Å². The van der Waals surface area contributed by atoms with Crippen LogP contribution >= 0.6 is 51.0 Å². The molecular formula is C17H33BrN4O3S3. The van der Waals surface area contributed by atoms with Gasteiger partial charge in [-0.3, -0.25) is 5.32 Å². The summed E-state index contributed by atoms with van der Waals surface area (Å²) < 4.78 is 5.24. The van der Waals surface area contributed by atoms with Gasteiger partial charge in [0.25, 0.3) is 0 Å². The van der Waals surface area contributed by atoms with E-state index in [1.54, 1.807) is 16.1 Å². The zero-order chi connectivity index (χ0) is 22.2. The van der Waals surface area contributed by atoms with Crippen LogP contribution in [0.5, 0.6) is 0 Å². The lowest BCUT2D eigenvalue weighted by Crippen LogP contribution is -2.45. The first-order chi connectivity index (χ1) is 13.1. The van der Waals surface area contributed by atoms with Crippen molar-refractivity contribution in [3.8, 4) is 0 Å². The average Bonchev–Trinajstić information content (AvgIpc) is 2.61. The summed E-state index contributed by atoms with van der Waals surface area (Å²) in [6.45, 7) is 10.5. The Balaban J connectivity index is 0. The van der Waals surface area contributed by atoms with Gasteiger partial charge in [0.15, 0.2) is 5.17 Å². The second kappa shape index (κ2) is 17.3. The van der Waals surface area contributed by atoms with Gasteiger partial charge in [0.05, 0.1) is 0 Å². The van der Waals surface area contributed by atoms with Crippen molar-refractivity contribution in [1.82, 2.24) is 15.5 Å². The molecule has 164 valence electrons. The van der Waals surface area contributed by atoms with E-state index in [1.165, 1.54) is 11.8 Å². The minimum absolute atomic E-state index is 0.109. The number of thioether (sulfide) groups is 1. The predicted octanol–water partition coefficient (Wildman–Crippen LogP) is 5.06. The maximum Gasteiger partial charge on any atom is 0.407 e. The van der Waals surface area contributed by atoms with Crippen molar-refractivity contribution in [3.05, 3.63) is 11.2 Å². The second-order valence-electron chi connectivity index (χ2n) is 6.67. The first kappa shape index (κ1) is 29.7. The van der Waals surface area contributed by atoms with Crippen LogP contribution in [0, 0.1) is 0 Å². The Morgan fingerprint density at radius 1 is 1.32 bits per heavy atom. The molecule has 1 unspecified atom stereocenters. The van der Waals surface area contributed by atoms with Crippen LogP contribution < -0.4 is 10.6 Å². The molecule has 0 aliphatic rings. The van der Waals surface area contributed by atoms with Gasteiger partial charge in [-0.2, -0.15) is 0 Å². The SMILES string of the molecule is CCCN(CCC(C)NC(=O)OC(C)(C)C)C(=O)NC(=N/C=C/Br)SC.SS. The maximum absolute atomic E-state index is 12.5. The third-order valence-electron chi connectivity index (χ3n) is 3.03. The molecule has 0 aliphatic heterocycles. The van der Waals surface area contributed by atoms with Crippen LogP contribution in [-0.2, 0) is 4.74 Å². The summed E-state index contributed by atoms with van der Waals surface area (Å²) in [5, 5.41) is 6.11. The molecule has 0 fully saturated rings. The first-order valence-corrected chi connectivity index (χ1v) is 12.5. The third kappa shape index (κ3) is 16.4. The molecule has 11 heteroatoms. The molecule has 0 aromatic rings. The summed E-state index contributed by atoms with van der Waals surface area (Å²) in [6.07, 6.45) is 4.42. The minimum Gasteiger partial charge on any atom is -0.444 e. The largest absolute Gasteiger partial charge is 0.444 e. The first-order valence-electron chi connectivity index (χ1n) is 8.75. The van der Waals surface area contributed by atoms with Gasteiger partial charge < -0.3 is 15.0 Å². The molecule has 0 heterocycles. The number of urea groups is 1. The summed E-state index contributed by atoms with van der Waals surface area (Å²) in [6, 6.07) is -0.311. The minimum atomic E-state index is -0.533. The summed E-state index contributed by atoms with van der Waals surface area (Å²) in [5.74, 6) is 0. The lowest BCUT2D eigenvalue weighted by atomic mass is 10.2. The number of aliphatic imine (C=N–C) groups is 1. The van der Waals surface area contributed by atoms with E-state index in [2.05, 4.69) is 54.9 Å². The van der Waals surface area contributed by atoms with Crippen LogP contribution in [0.3, 0.4) is 0 Å². The van der Waals surface area contributed by atoms with Crippen molar-refractivity contribution >= 4 is 68.3 Å². The van der Waals surface area contributed by atoms with E-state index < -0.39 is 11.7 Å². The Morgan fingerprint density at radius 2 is 1.93 bits per heavy atom. The number of rotatable bonds is 7. The number of hydrogen-bond donors (Lipinski definition) is 4. The van der Waals surface area contributed by atoms with Crippen molar-refractivity contribution in [2.45, 2.75) is 59.1 Å². The Bertz CT molecular complexity index is 514. The molecule has 0 aromatic heterocycles. The molecular weight excluding hydrogens is 484 g/mol. The normalized spacial score (nSPS) is 12.7. The molecule has 0 saturated carbocycles. The van der Waals surface area contributed by atoms with Gasteiger partial charge in [-0.25, -0.2) is 14.6 Å². The number of thiol groups is 2. The van der Waals surface area contributed by atoms with Crippen molar-refractivity contribution < 1.29 is 14.3 Å². The van der Waals surface area contributed by atoms with Gasteiger partial charge in [-0.15, -0.1) is 23.3 Å². The fourth-order valence-corrected chi connectivity index (χ4v) is 2.39. The van der Waals surface area contributed by atoms with E-state index in [0.29, 0.717) is 24.7 Å². The van der Waals surface area contributed by atoms with Crippen molar-refractivity contribution in [3.63, 3.8) is 0 Å². The van der Waals surface area contributed by atoms with Gasteiger partial charge in [0, 0.05) is 25.3 Å². The van der Waals surface area contributed by atoms with Crippen LogP contribution in [0.25, 0.3) is 0 Å². The van der Waals surface area contributed by atoms with Crippen LogP contribution in [0.4, 0.5) is 9.59 Å². The smallest absolute Gasteiger partial charge is 0.407 e. The van der Waals surface area contributed by atoms with Crippen LogP contribution in [0.1, 0.15) is 47.5 Å². The molecule has 0 saturated heterocycles. The predicted molar refractivity (Wildman–Crippen MR) is 131 cm³/mol. The number of alkyl carbamates (subject to hydrolysis) is 1. The third-order valence-corrected chi connectivity index (χ3v) is 3.86. The summed E-state index contributed by atoms with van der Waals surface area (Å²) in [5.41, 5.74) is -0.533. The van der Waals surface area contributed by atoms with Gasteiger partial charge in [-0.05, 0) is 51.8 Å². The number of amides is 3. The Labute approximate surface area is 192 Å². The molecule has 7 nitrogen and oxygen atoms in total. The number of halogens is 1. The zero-order valence-electron chi connectivity index (χ0n) is 17.4. The van der Waals surface area contributed by atoms with E-state index in [1.807, 2.05) is 40.9 Å². The standard InChI is InChI=1S/C17H31BrN4O3S.H2S2/c1-7-11-22(15(23)21-14(26-6)19-10-9-18)12-8-13(2)20-16(24)25-17(3,4)5;1-2/h9-10,13H,7-8,11-12H2,1-6H3,(H,20,24)(H,19,21,23);1-2H/b10-9+;. The molecule has 1 atom stereocenters. The van der Waals surface area contributed by atoms with Crippen LogP contribution in [-0.4, -0.2) is 53.2 Å². The highest BCUT2D eigenvalue weighted by Gasteiger charge is 2.19. The summed E-state index contributed by atoms with van der Waals surface area (Å²) in [7, 11) is 0. The molecule has 3 amide bonds. The van der Waals surface area contributed by atoms with E-state index >= 15 is 0 Å². The number of ether oxygens (including phenoxy) is 1. The monoisotopic (exact) mass is 516 g/mol. The molecule has 0 radical (unpaired) electrons. The topological polar surface area (TPSA) is 83.0 Å². The second-order valence-corrected chi connectivity index (χ2v) is 7.99. The quantitative estimate of drug-likeness (QED) is 0.165. The summed E-state index contributed by atoms with van der Waals surface area (Å²) >= 11 is 10.9. The van der Waals surface area contributed by atoms with Gasteiger partial charge in [0.1, 0.15) is 5.60 Å². The Morgan fingerprint density at radius 3 is 2.39 bits per heavy atom. The fourth-order valence-electron chi connectivity index (χ4n) is 1.92. The lowest BCUT2D eigenvalue weighted by molar-refractivity contribution is 0.0505. The van der Waals surface area contributed by atoms with Gasteiger partial charge >= 0.3 is 12.1 Å². The molecule has 0 aliphatic carbocycles. The van der Waals surface area contributed by atoms with E-state index in [0.717, 1.165) is 6.42 Å². The average molecular weight is 518 g/mol. The molecule has 0 spiro atoms. The molecule has 2 N–H and O–H groups in total. The highest BCUT2D eigenvalue weighted by molar-refractivity contribution is 9.11. The number of amidine groups is 1. The highest BCUT2D eigenvalue weighted by Crippen LogP contribution is 2.08. The van der Waals surface area contributed by atoms with Crippen LogP contribution in [0.15, 0.2) is 16.2 Å². The highest BCUT2D eigenvalue weighted by atomic mass is 79.9. The number of carbonyl (C=O) groups is 2. The van der Waals surface area contributed by atoms with E-state index in [4.69, 9.17) is 4.74 Å². The Kier molecular flexibility index (Phi) is 18.4. The molecule has 0 bridgehead atoms. The molecule has 28 heavy (non-hydrogen) atoms. The maximum atomic E-state index is 12.5. The fraction of sp³-hybridized carbons (Fsp3) is 0.706. The number of nitrogens with zero attached hydrogens (tertiary/aromatic N) is 2. The van der Waals surface area contributed by atoms with E-state index in [9.17, 15) is 9.59 Å². The van der Waals surface area contributed by atoms with Crippen molar-refractivity contribution in [1.29, 1.82) is 0 Å². The van der Waals surface area contributed by atoms with Crippen molar-refractivity contribution in [2.24, 2.45) is 4.99 Å². The summed E-state index contributed by atoms with van der Waals surface area (Å²) in [4.78, 5) is 31.7. The number of nitrogens with one attached hydrogen (secondary N) is 2.